The maximum Gasteiger partial charge on any atom is 0.263 e. The molecule has 1 unspecified atom stereocenters. The molecule has 0 bridgehead atoms. The van der Waals surface area contributed by atoms with E-state index in [9.17, 15) is 9.59 Å². The van der Waals surface area contributed by atoms with Crippen LogP contribution in [0.25, 0.3) is 32.0 Å². The highest BCUT2D eigenvalue weighted by Gasteiger charge is 2.23. The number of rotatable bonds is 4. The molecule has 140 valence electrons. The number of fused-ring (bicyclic) bond motifs is 1. The fourth-order valence-electron chi connectivity index (χ4n) is 3.06. The maximum atomic E-state index is 13.3. The number of primary amides is 1. The molecule has 2 aromatic heterocycles. The van der Waals surface area contributed by atoms with E-state index in [2.05, 4.69) is 0 Å². The molecule has 0 saturated heterocycles. The van der Waals surface area contributed by atoms with Crippen LogP contribution in [0.3, 0.4) is 0 Å². The van der Waals surface area contributed by atoms with E-state index in [1.807, 2.05) is 36.4 Å². The molecule has 0 aliphatic heterocycles. The molecule has 1 atom stereocenters. The van der Waals surface area contributed by atoms with E-state index in [1.165, 1.54) is 15.9 Å². The Hall–Kier alpha value is -2.96. The lowest BCUT2D eigenvalue weighted by molar-refractivity contribution is -0.120. The van der Waals surface area contributed by atoms with E-state index >= 15 is 0 Å². The lowest BCUT2D eigenvalue weighted by Crippen LogP contribution is -2.33. The minimum Gasteiger partial charge on any atom is -0.368 e. The van der Waals surface area contributed by atoms with Gasteiger partial charge in [-0.1, -0.05) is 54.1 Å². The summed E-state index contributed by atoms with van der Waals surface area (Å²) >= 11 is 7.78. The molecule has 0 radical (unpaired) electrons. The Morgan fingerprint density at radius 3 is 2.50 bits per heavy atom. The Morgan fingerprint density at radius 2 is 1.82 bits per heavy atom. The Balaban J connectivity index is 2.04. The summed E-state index contributed by atoms with van der Waals surface area (Å²) in [5.41, 5.74) is 6.76. The van der Waals surface area contributed by atoms with Crippen molar-refractivity contribution in [3.63, 3.8) is 0 Å². The maximum absolute atomic E-state index is 13.3. The monoisotopic (exact) mass is 409 g/mol. The molecule has 0 aliphatic carbocycles. The van der Waals surface area contributed by atoms with Crippen LogP contribution in [0.1, 0.15) is 13.0 Å². The van der Waals surface area contributed by atoms with E-state index in [0.717, 1.165) is 10.4 Å². The van der Waals surface area contributed by atoms with Gasteiger partial charge in [-0.15, -0.1) is 11.3 Å². The highest BCUT2D eigenvalue weighted by molar-refractivity contribution is 7.21. The first-order chi connectivity index (χ1) is 13.5. The number of thiophene rings is 1. The van der Waals surface area contributed by atoms with Crippen molar-refractivity contribution in [2.75, 3.05) is 0 Å². The second kappa shape index (κ2) is 7.22. The number of halogens is 1. The highest BCUT2D eigenvalue weighted by Crippen LogP contribution is 2.34. The fourth-order valence-corrected chi connectivity index (χ4v) is 4.31. The van der Waals surface area contributed by atoms with Gasteiger partial charge in [-0.25, -0.2) is 4.98 Å². The second-order valence-corrected chi connectivity index (χ2v) is 7.80. The number of hydrogen-bond acceptors (Lipinski definition) is 4. The minimum absolute atomic E-state index is 0.315. The number of amides is 1. The standard InChI is InChI=1S/C21H16ClN3O2S/c1-12(18(23)26)25-19(14-9-5-6-10-16(14)22)24-20-15(21(25)27)11-17(28-20)13-7-3-2-4-8-13/h2-12H,1H3,(H2,23,26). The van der Waals surface area contributed by atoms with Crippen molar-refractivity contribution in [2.24, 2.45) is 5.73 Å². The van der Waals surface area contributed by atoms with E-state index in [1.54, 1.807) is 31.2 Å². The third-order valence-corrected chi connectivity index (χ3v) is 5.98. The number of carbonyl (C=O) groups excluding carboxylic acids is 1. The molecule has 4 rings (SSSR count). The first-order valence-corrected chi connectivity index (χ1v) is 9.82. The smallest absolute Gasteiger partial charge is 0.263 e. The molecule has 0 aliphatic rings. The molecule has 2 heterocycles. The van der Waals surface area contributed by atoms with E-state index in [4.69, 9.17) is 22.3 Å². The average molecular weight is 410 g/mol. The van der Waals surface area contributed by atoms with Gasteiger partial charge in [0.25, 0.3) is 5.56 Å². The van der Waals surface area contributed by atoms with Crippen LogP contribution in [0.4, 0.5) is 0 Å². The topological polar surface area (TPSA) is 78.0 Å². The Morgan fingerprint density at radius 1 is 1.14 bits per heavy atom. The van der Waals surface area contributed by atoms with Crippen LogP contribution in [0.2, 0.25) is 5.02 Å². The zero-order valence-corrected chi connectivity index (χ0v) is 16.5. The summed E-state index contributed by atoms with van der Waals surface area (Å²) in [6.45, 7) is 1.59. The Bertz CT molecular complexity index is 1250. The third-order valence-electron chi connectivity index (χ3n) is 4.57. The molecular formula is C21H16ClN3O2S. The van der Waals surface area contributed by atoms with Gasteiger partial charge in [-0.3, -0.25) is 14.2 Å². The Labute approximate surface area is 170 Å². The van der Waals surface area contributed by atoms with Crippen molar-refractivity contribution in [3.8, 4) is 21.8 Å². The molecule has 4 aromatic rings. The van der Waals surface area contributed by atoms with Gasteiger partial charge in [0.15, 0.2) is 0 Å². The number of benzene rings is 2. The average Bonchev–Trinajstić information content (AvgIpc) is 3.13. The van der Waals surface area contributed by atoms with Crippen LogP contribution in [-0.2, 0) is 4.79 Å². The largest absolute Gasteiger partial charge is 0.368 e. The van der Waals surface area contributed by atoms with Gasteiger partial charge in [0.05, 0.1) is 10.4 Å². The second-order valence-electron chi connectivity index (χ2n) is 6.36. The van der Waals surface area contributed by atoms with Gasteiger partial charge in [0.2, 0.25) is 5.91 Å². The molecule has 2 N–H and O–H groups in total. The summed E-state index contributed by atoms with van der Waals surface area (Å²) in [5.74, 6) is -0.286. The number of aromatic nitrogens is 2. The summed E-state index contributed by atoms with van der Waals surface area (Å²) in [6.07, 6.45) is 0. The molecule has 1 amide bonds. The SMILES string of the molecule is CC(C(N)=O)n1c(-c2ccccc2Cl)nc2sc(-c3ccccc3)cc2c1=O. The van der Waals surface area contributed by atoms with Crippen LogP contribution < -0.4 is 11.3 Å². The predicted octanol–water partition coefficient (Wildman–Crippen LogP) is 4.49. The number of nitrogens with two attached hydrogens (primary N) is 1. The van der Waals surface area contributed by atoms with E-state index in [-0.39, 0.29) is 5.56 Å². The number of carbonyl (C=O) groups is 1. The summed E-state index contributed by atoms with van der Waals surface area (Å²) in [6, 6.07) is 17.8. The molecule has 0 saturated carbocycles. The summed E-state index contributed by atoms with van der Waals surface area (Å²) in [4.78, 5) is 31.4. The Kier molecular flexibility index (Phi) is 4.75. The van der Waals surface area contributed by atoms with Crippen molar-refractivity contribution in [3.05, 3.63) is 76.0 Å². The van der Waals surface area contributed by atoms with Crippen molar-refractivity contribution in [2.45, 2.75) is 13.0 Å². The first-order valence-electron chi connectivity index (χ1n) is 8.63. The predicted molar refractivity (Wildman–Crippen MR) is 114 cm³/mol. The number of nitrogens with zero attached hydrogens (tertiary/aromatic N) is 2. The van der Waals surface area contributed by atoms with Crippen molar-refractivity contribution in [1.82, 2.24) is 9.55 Å². The van der Waals surface area contributed by atoms with Crippen LogP contribution in [-0.4, -0.2) is 15.5 Å². The van der Waals surface area contributed by atoms with Crippen molar-refractivity contribution >= 4 is 39.1 Å². The van der Waals surface area contributed by atoms with Gasteiger partial charge in [-0.2, -0.15) is 0 Å². The van der Waals surface area contributed by atoms with Crippen LogP contribution in [0, 0.1) is 0 Å². The lowest BCUT2D eigenvalue weighted by Gasteiger charge is -2.17. The van der Waals surface area contributed by atoms with E-state index in [0.29, 0.717) is 26.6 Å². The van der Waals surface area contributed by atoms with Gasteiger partial charge >= 0.3 is 0 Å². The third kappa shape index (κ3) is 3.10. The quantitative estimate of drug-likeness (QED) is 0.539. The van der Waals surface area contributed by atoms with E-state index < -0.39 is 11.9 Å². The van der Waals surface area contributed by atoms with Gasteiger partial charge in [0, 0.05) is 10.4 Å². The van der Waals surface area contributed by atoms with Gasteiger partial charge in [-0.05, 0) is 30.7 Å². The number of hydrogen-bond donors (Lipinski definition) is 1. The summed E-state index contributed by atoms with van der Waals surface area (Å²) in [5, 5.41) is 0.895. The summed E-state index contributed by atoms with van der Waals surface area (Å²) < 4.78 is 1.33. The van der Waals surface area contributed by atoms with Gasteiger partial charge < -0.3 is 5.73 Å². The van der Waals surface area contributed by atoms with Crippen LogP contribution in [0.5, 0.6) is 0 Å². The fraction of sp³-hybridized carbons (Fsp3) is 0.0952. The molecule has 0 fully saturated rings. The molecule has 7 heteroatoms. The molecule has 28 heavy (non-hydrogen) atoms. The molecule has 5 nitrogen and oxygen atoms in total. The zero-order chi connectivity index (χ0) is 19.8. The molecule has 0 spiro atoms. The van der Waals surface area contributed by atoms with Gasteiger partial charge in [0.1, 0.15) is 16.7 Å². The highest BCUT2D eigenvalue weighted by atomic mass is 35.5. The van der Waals surface area contributed by atoms with Crippen molar-refractivity contribution in [1.29, 1.82) is 0 Å². The van der Waals surface area contributed by atoms with Crippen LogP contribution >= 0.6 is 22.9 Å². The normalized spacial score (nSPS) is 12.2. The zero-order valence-electron chi connectivity index (χ0n) is 14.9. The van der Waals surface area contributed by atoms with Crippen LogP contribution in [0.15, 0.2) is 65.5 Å². The molecule has 2 aromatic carbocycles. The first kappa shape index (κ1) is 18.4. The lowest BCUT2D eigenvalue weighted by atomic mass is 10.1. The molecular weight excluding hydrogens is 394 g/mol. The minimum atomic E-state index is -0.865. The summed E-state index contributed by atoms with van der Waals surface area (Å²) in [7, 11) is 0. The van der Waals surface area contributed by atoms with Crippen molar-refractivity contribution < 1.29 is 4.79 Å².